The molecule has 7 aromatic rings. The Morgan fingerprint density at radius 3 is 2.22 bits per heavy atom. The van der Waals surface area contributed by atoms with Gasteiger partial charge in [0.15, 0.2) is 5.82 Å². The highest BCUT2D eigenvalue weighted by Crippen LogP contribution is 2.36. The Bertz CT molecular complexity index is 1730. The van der Waals surface area contributed by atoms with Crippen LogP contribution in [0, 0.1) is 0 Å². The van der Waals surface area contributed by atoms with Gasteiger partial charge in [-0.25, -0.2) is 4.98 Å². The van der Waals surface area contributed by atoms with Gasteiger partial charge in [0.25, 0.3) is 0 Å². The molecule has 2 heterocycles. The van der Waals surface area contributed by atoms with Gasteiger partial charge in [0.05, 0.1) is 17.6 Å². The summed E-state index contributed by atoms with van der Waals surface area (Å²) in [6.07, 6.45) is 1.83. The number of imidazole rings is 1. The van der Waals surface area contributed by atoms with Crippen molar-refractivity contribution in [2.45, 2.75) is 6.54 Å². The zero-order valence-electron chi connectivity index (χ0n) is 17.4. The molecule has 2 aromatic heterocycles. The highest BCUT2D eigenvalue weighted by atomic mass is 15.1. The van der Waals surface area contributed by atoms with Gasteiger partial charge in [-0.05, 0) is 62.1 Å². The molecule has 3 heteroatoms. The first-order chi connectivity index (χ1) is 15.9. The summed E-state index contributed by atoms with van der Waals surface area (Å²) in [7, 11) is 0. The van der Waals surface area contributed by atoms with E-state index in [1.165, 1.54) is 37.9 Å². The largest absolute Gasteiger partial charge is 0.318 e. The number of aromatic nitrogens is 3. The van der Waals surface area contributed by atoms with Crippen LogP contribution in [0.25, 0.3) is 54.9 Å². The van der Waals surface area contributed by atoms with Crippen LogP contribution in [-0.4, -0.2) is 14.5 Å². The highest BCUT2D eigenvalue weighted by molar-refractivity contribution is 6.23. The van der Waals surface area contributed by atoms with Gasteiger partial charge < -0.3 is 4.57 Å². The first-order valence-electron chi connectivity index (χ1n) is 10.9. The molecule has 0 spiro atoms. The molecule has 0 bridgehead atoms. The van der Waals surface area contributed by atoms with E-state index in [2.05, 4.69) is 82.3 Å². The maximum Gasteiger partial charge on any atom is 0.160 e. The van der Waals surface area contributed by atoms with Gasteiger partial charge in [0.2, 0.25) is 0 Å². The van der Waals surface area contributed by atoms with Crippen molar-refractivity contribution in [3.05, 3.63) is 109 Å². The maximum atomic E-state index is 4.94. The van der Waals surface area contributed by atoms with E-state index in [1.807, 2.05) is 30.5 Å². The van der Waals surface area contributed by atoms with E-state index in [9.17, 15) is 0 Å². The quantitative estimate of drug-likeness (QED) is 0.293. The molecule has 7 rings (SSSR count). The summed E-state index contributed by atoms with van der Waals surface area (Å²) in [5.74, 6) is 0.900. The van der Waals surface area contributed by atoms with Gasteiger partial charge in [0.1, 0.15) is 5.69 Å². The molecule has 150 valence electrons. The zero-order chi connectivity index (χ0) is 21.1. The van der Waals surface area contributed by atoms with Crippen LogP contribution in [0.4, 0.5) is 0 Å². The van der Waals surface area contributed by atoms with Crippen LogP contribution in [0.3, 0.4) is 0 Å². The summed E-state index contributed by atoms with van der Waals surface area (Å²) in [6, 6.07) is 34.4. The molecule has 3 nitrogen and oxygen atoms in total. The maximum absolute atomic E-state index is 4.94. The topological polar surface area (TPSA) is 30.7 Å². The molecule has 0 saturated carbocycles. The number of benzene rings is 5. The Labute approximate surface area is 184 Å². The SMILES string of the molecule is c1ccc(-c2nc3ccccc3n2Cc2ccc3ccc4cccc5ccc2c3c45)nc1. The van der Waals surface area contributed by atoms with Crippen LogP contribution < -0.4 is 0 Å². The van der Waals surface area contributed by atoms with Crippen LogP contribution >= 0.6 is 0 Å². The standard InChI is InChI=1S/C29H19N3/c1-2-10-26-24(8-1)31-29(25-9-3-4-17-30-25)32(26)18-22-14-13-21-12-11-19-6-5-7-20-15-16-23(22)28(21)27(19)20/h1-17H,18H2. The minimum Gasteiger partial charge on any atom is -0.318 e. The van der Waals surface area contributed by atoms with E-state index in [0.717, 1.165) is 29.1 Å². The molecular formula is C29H19N3. The number of para-hydroxylation sites is 2. The van der Waals surface area contributed by atoms with Crippen molar-refractivity contribution in [3.63, 3.8) is 0 Å². The van der Waals surface area contributed by atoms with Gasteiger partial charge in [-0.2, -0.15) is 0 Å². The molecular weight excluding hydrogens is 390 g/mol. The Kier molecular flexibility index (Phi) is 3.61. The first-order valence-corrected chi connectivity index (χ1v) is 10.9. The lowest BCUT2D eigenvalue weighted by molar-refractivity contribution is 0.836. The van der Waals surface area contributed by atoms with Crippen molar-refractivity contribution < 1.29 is 0 Å². The number of fused-ring (bicyclic) bond motifs is 1. The molecule has 0 saturated heterocycles. The molecule has 0 N–H and O–H groups in total. The Morgan fingerprint density at radius 1 is 0.625 bits per heavy atom. The fourth-order valence-corrected chi connectivity index (χ4v) is 5.03. The lowest BCUT2D eigenvalue weighted by Gasteiger charge is -2.15. The number of rotatable bonds is 3. The number of hydrogen-bond acceptors (Lipinski definition) is 2. The first kappa shape index (κ1) is 17.4. The monoisotopic (exact) mass is 409 g/mol. The molecule has 0 fully saturated rings. The minimum atomic E-state index is 0.737. The summed E-state index contributed by atoms with van der Waals surface area (Å²) < 4.78 is 2.30. The molecule has 0 unspecified atom stereocenters. The van der Waals surface area contributed by atoms with Crippen LogP contribution in [0.15, 0.2) is 103 Å². The van der Waals surface area contributed by atoms with E-state index in [4.69, 9.17) is 4.98 Å². The zero-order valence-corrected chi connectivity index (χ0v) is 17.4. The second kappa shape index (κ2) is 6.63. The molecule has 0 atom stereocenters. The normalized spacial score (nSPS) is 11.9. The van der Waals surface area contributed by atoms with Crippen molar-refractivity contribution in [3.8, 4) is 11.5 Å². The molecule has 5 aromatic carbocycles. The van der Waals surface area contributed by atoms with Crippen LogP contribution in [0.5, 0.6) is 0 Å². The molecule has 0 aliphatic rings. The molecule has 0 aliphatic carbocycles. The van der Waals surface area contributed by atoms with Crippen LogP contribution in [-0.2, 0) is 6.54 Å². The summed E-state index contributed by atoms with van der Waals surface area (Å²) in [4.78, 5) is 9.53. The highest BCUT2D eigenvalue weighted by Gasteiger charge is 2.16. The molecule has 0 radical (unpaired) electrons. The third-order valence-corrected chi connectivity index (χ3v) is 6.50. The van der Waals surface area contributed by atoms with Crippen molar-refractivity contribution in [2.24, 2.45) is 0 Å². The predicted molar refractivity (Wildman–Crippen MR) is 132 cm³/mol. The van der Waals surface area contributed by atoms with E-state index in [-0.39, 0.29) is 0 Å². The average molecular weight is 409 g/mol. The van der Waals surface area contributed by atoms with Gasteiger partial charge in [-0.3, -0.25) is 4.98 Å². The number of pyridine rings is 1. The van der Waals surface area contributed by atoms with Gasteiger partial charge in [0, 0.05) is 6.20 Å². The summed E-state index contributed by atoms with van der Waals surface area (Å²) in [5.41, 5.74) is 4.29. The second-order valence-electron chi connectivity index (χ2n) is 8.31. The van der Waals surface area contributed by atoms with Crippen LogP contribution in [0.2, 0.25) is 0 Å². The fourth-order valence-electron chi connectivity index (χ4n) is 5.03. The Morgan fingerprint density at radius 2 is 1.38 bits per heavy atom. The number of nitrogens with zero attached hydrogens (tertiary/aromatic N) is 3. The smallest absolute Gasteiger partial charge is 0.160 e. The van der Waals surface area contributed by atoms with Gasteiger partial charge in [-0.1, -0.05) is 72.8 Å². The fraction of sp³-hybridized carbons (Fsp3) is 0.0345. The Balaban J connectivity index is 1.50. The number of hydrogen-bond donors (Lipinski definition) is 0. The molecule has 0 amide bonds. The summed E-state index contributed by atoms with van der Waals surface area (Å²) >= 11 is 0. The lowest BCUT2D eigenvalue weighted by Crippen LogP contribution is -2.04. The van der Waals surface area contributed by atoms with E-state index < -0.39 is 0 Å². The lowest BCUT2D eigenvalue weighted by atomic mass is 9.92. The van der Waals surface area contributed by atoms with Crippen molar-refractivity contribution in [1.82, 2.24) is 14.5 Å². The predicted octanol–water partition coefficient (Wildman–Crippen LogP) is 7.04. The summed E-state index contributed by atoms with van der Waals surface area (Å²) in [6.45, 7) is 0.737. The van der Waals surface area contributed by atoms with Crippen LogP contribution in [0.1, 0.15) is 5.56 Å². The third kappa shape index (κ3) is 2.48. The van der Waals surface area contributed by atoms with Gasteiger partial charge in [-0.15, -0.1) is 0 Å². The molecule has 0 aliphatic heterocycles. The minimum absolute atomic E-state index is 0.737. The van der Waals surface area contributed by atoms with Crippen molar-refractivity contribution in [2.75, 3.05) is 0 Å². The molecule has 32 heavy (non-hydrogen) atoms. The van der Waals surface area contributed by atoms with Gasteiger partial charge >= 0.3 is 0 Å². The van der Waals surface area contributed by atoms with E-state index in [0.29, 0.717) is 0 Å². The summed E-state index contributed by atoms with van der Waals surface area (Å²) in [5, 5.41) is 7.87. The van der Waals surface area contributed by atoms with E-state index >= 15 is 0 Å². The van der Waals surface area contributed by atoms with E-state index in [1.54, 1.807) is 0 Å². The van der Waals surface area contributed by atoms with Crippen molar-refractivity contribution >= 4 is 43.4 Å². The average Bonchev–Trinajstić information content (AvgIpc) is 3.22. The Hall–Kier alpha value is -4.24. The van der Waals surface area contributed by atoms with Crippen molar-refractivity contribution in [1.29, 1.82) is 0 Å². The second-order valence-corrected chi connectivity index (χ2v) is 8.31. The third-order valence-electron chi connectivity index (χ3n) is 6.50.